The summed E-state index contributed by atoms with van der Waals surface area (Å²) >= 11 is 5.03. The molecule has 1 saturated heterocycles. The van der Waals surface area contributed by atoms with E-state index in [4.69, 9.17) is 23.7 Å². The molecule has 18 heavy (non-hydrogen) atoms. The van der Waals surface area contributed by atoms with Gasteiger partial charge in [-0.05, 0) is 50.1 Å². The molecule has 2 fully saturated rings. The molecule has 102 valence electrons. The van der Waals surface area contributed by atoms with Crippen LogP contribution in [0.25, 0.3) is 0 Å². The molecule has 0 aromatic rings. The van der Waals surface area contributed by atoms with Gasteiger partial charge in [0.05, 0.1) is 4.99 Å². The highest BCUT2D eigenvalue weighted by Gasteiger charge is 2.44. The van der Waals surface area contributed by atoms with Crippen LogP contribution in [0.15, 0.2) is 0 Å². The zero-order valence-electron chi connectivity index (χ0n) is 10.9. The molecule has 1 heterocycles. The Balaban J connectivity index is 1.73. The number of piperidine rings is 1. The summed E-state index contributed by atoms with van der Waals surface area (Å²) < 4.78 is 0. The summed E-state index contributed by atoms with van der Waals surface area (Å²) in [7, 11) is 0. The normalized spacial score (nSPS) is 23.8. The molecule has 0 bridgehead atoms. The Labute approximate surface area is 114 Å². The quantitative estimate of drug-likeness (QED) is 0.706. The van der Waals surface area contributed by atoms with Crippen LogP contribution in [-0.4, -0.2) is 35.4 Å². The van der Waals surface area contributed by atoms with Crippen LogP contribution in [0.5, 0.6) is 0 Å². The molecular weight excluding hydrogens is 246 g/mol. The van der Waals surface area contributed by atoms with Gasteiger partial charge >= 0.3 is 0 Å². The van der Waals surface area contributed by atoms with Crippen LogP contribution in [0, 0.1) is 11.3 Å². The lowest BCUT2D eigenvalue weighted by molar-refractivity contribution is -0.119. The van der Waals surface area contributed by atoms with Crippen molar-refractivity contribution in [1.29, 1.82) is 0 Å². The zero-order valence-corrected chi connectivity index (χ0v) is 11.7. The van der Waals surface area contributed by atoms with Crippen molar-refractivity contribution in [3.8, 4) is 0 Å². The fourth-order valence-corrected chi connectivity index (χ4v) is 3.35. The summed E-state index contributed by atoms with van der Waals surface area (Å²) in [5.74, 6) is 0.324. The monoisotopic (exact) mass is 269 g/mol. The van der Waals surface area contributed by atoms with E-state index in [1.54, 1.807) is 0 Å². The van der Waals surface area contributed by atoms with Crippen molar-refractivity contribution in [1.82, 2.24) is 4.90 Å². The Bertz CT molecular complexity index is 333. The summed E-state index contributed by atoms with van der Waals surface area (Å²) in [4.78, 5) is 14.0. The van der Waals surface area contributed by atoms with Gasteiger partial charge in [0.25, 0.3) is 0 Å². The van der Waals surface area contributed by atoms with Gasteiger partial charge in [0.2, 0.25) is 5.91 Å². The van der Waals surface area contributed by atoms with Gasteiger partial charge in [0.15, 0.2) is 0 Å². The number of nitrogens with two attached hydrogens (primary N) is 2. The van der Waals surface area contributed by atoms with Crippen LogP contribution in [-0.2, 0) is 4.79 Å². The number of amides is 1. The van der Waals surface area contributed by atoms with Gasteiger partial charge < -0.3 is 16.4 Å². The molecule has 0 aromatic heterocycles. The lowest BCUT2D eigenvalue weighted by Crippen LogP contribution is -2.39. The van der Waals surface area contributed by atoms with E-state index < -0.39 is 0 Å². The van der Waals surface area contributed by atoms with E-state index in [1.807, 2.05) is 0 Å². The summed E-state index contributed by atoms with van der Waals surface area (Å²) in [6.45, 7) is 3.28. The number of likely N-dealkylation sites (tertiary alicyclic amines) is 1. The van der Waals surface area contributed by atoms with Crippen LogP contribution in [0.4, 0.5) is 0 Å². The summed E-state index contributed by atoms with van der Waals surface area (Å²) in [6, 6.07) is 0. The summed E-state index contributed by atoms with van der Waals surface area (Å²) in [6.07, 6.45) is 6.13. The summed E-state index contributed by atoms with van der Waals surface area (Å²) in [5.41, 5.74) is 11.3. The molecule has 5 heteroatoms. The maximum atomic E-state index is 10.9. The SMILES string of the molecule is NC(=O)CC1CCN(CC2(CC(N)=S)CC2)CC1. The van der Waals surface area contributed by atoms with Crippen molar-refractivity contribution >= 4 is 23.1 Å². The predicted molar refractivity (Wildman–Crippen MR) is 76.0 cm³/mol. The summed E-state index contributed by atoms with van der Waals surface area (Å²) in [5, 5.41) is 0. The molecule has 4 nitrogen and oxygen atoms in total. The Kier molecular flexibility index (Phi) is 4.22. The Morgan fingerprint density at radius 1 is 1.28 bits per heavy atom. The van der Waals surface area contributed by atoms with Gasteiger partial charge in [0.1, 0.15) is 0 Å². The second-order valence-electron chi connectivity index (χ2n) is 6.03. The highest BCUT2D eigenvalue weighted by Crippen LogP contribution is 2.49. The fourth-order valence-electron chi connectivity index (χ4n) is 3.04. The average Bonchev–Trinajstić information content (AvgIpc) is 2.99. The topological polar surface area (TPSA) is 72.4 Å². The number of rotatable bonds is 6. The molecule has 1 amide bonds. The first-order valence-electron chi connectivity index (χ1n) is 6.78. The van der Waals surface area contributed by atoms with Crippen LogP contribution in [0.1, 0.15) is 38.5 Å². The molecule has 0 radical (unpaired) electrons. The molecule has 1 aliphatic heterocycles. The number of hydrogen-bond donors (Lipinski definition) is 2. The standard InChI is InChI=1S/C13H23N3OS/c14-11(17)7-10-1-5-16(6-2-10)9-13(3-4-13)8-12(15)18/h10H,1-9H2,(H2,14,17)(H2,15,18). The number of carbonyl (C=O) groups is 1. The molecule has 2 rings (SSSR count). The number of thiocarbonyl (C=S) groups is 1. The lowest BCUT2D eigenvalue weighted by atomic mass is 9.92. The van der Waals surface area contributed by atoms with Crippen molar-refractivity contribution < 1.29 is 4.79 Å². The third kappa shape index (κ3) is 3.92. The van der Waals surface area contributed by atoms with Gasteiger partial charge in [0, 0.05) is 19.4 Å². The van der Waals surface area contributed by atoms with Crippen LogP contribution in [0.2, 0.25) is 0 Å². The van der Waals surface area contributed by atoms with Gasteiger partial charge in [-0.1, -0.05) is 12.2 Å². The molecule has 4 N–H and O–H groups in total. The van der Waals surface area contributed by atoms with E-state index in [9.17, 15) is 4.79 Å². The molecule has 0 aromatic carbocycles. The Morgan fingerprint density at radius 2 is 1.89 bits per heavy atom. The lowest BCUT2D eigenvalue weighted by Gasteiger charge is -2.34. The minimum Gasteiger partial charge on any atom is -0.393 e. The fraction of sp³-hybridized carbons (Fsp3) is 0.846. The maximum absolute atomic E-state index is 10.9. The average molecular weight is 269 g/mol. The van der Waals surface area contributed by atoms with Crippen LogP contribution < -0.4 is 11.5 Å². The van der Waals surface area contributed by atoms with E-state index >= 15 is 0 Å². The molecule has 2 aliphatic rings. The van der Waals surface area contributed by atoms with E-state index in [2.05, 4.69) is 4.90 Å². The van der Waals surface area contributed by atoms with Crippen LogP contribution in [0.3, 0.4) is 0 Å². The van der Waals surface area contributed by atoms with Gasteiger partial charge in [-0.25, -0.2) is 0 Å². The minimum atomic E-state index is -0.166. The first-order chi connectivity index (χ1) is 8.49. The van der Waals surface area contributed by atoms with E-state index in [0.29, 0.717) is 22.7 Å². The van der Waals surface area contributed by atoms with Crippen molar-refractivity contribution in [2.45, 2.75) is 38.5 Å². The molecule has 1 saturated carbocycles. The smallest absolute Gasteiger partial charge is 0.217 e. The number of carbonyl (C=O) groups excluding carboxylic acids is 1. The zero-order chi connectivity index (χ0) is 13.2. The van der Waals surface area contributed by atoms with E-state index in [0.717, 1.165) is 38.9 Å². The molecule has 0 atom stereocenters. The molecular formula is C13H23N3OS. The second-order valence-corrected chi connectivity index (χ2v) is 6.56. The highest BCUT2D eigenvalue weighted by molar-refractivity contribution is 7.80. The largest absolute Gasteiger partial charge is 0.393 e. The van der Waals surface area contributed by atoms with Gasteiger partial charge in [-0.3, -0.25) is 4.79 Å². The van der Waals surface area contributed by atoms with Gasteiger partial charge in [-0.15, -0.1) is 0 Å². The first-order valence-corrected chi connectivity index (χ1v) is 7.19. The third-order valence-corrected chi connectivity index (χ3v) is 4.41. The number of hydrogen-bond acceptors (Lipinski definition) is 3. The van der Waals surface area contributed by atoms with Crippen molar-refractivity contribution in [3.05, 3.63) is 0 Å². The van der Waals surface area contributed by atoms with Crippen LogP contribution >= 0.6 is 12.2 Å². The third-order valence-electron chi connectivity index (χ3n) is 4.26. The van der Waals surface area contributed by atoms with Crippen molar-refractivity contribution in [2.24, 2.45) is 22.8 Å². The van der Waals surface area contributed by atoms with Crippen molar-refractivity contribution in [3.63, 3.8) is 0 Å². The Morgan fingerprint density at radius 3 is 2.33 bits per heavy atom. The molecule has 1 aliphatic carbocycles. The Hall–Kier alpha value is -0.680. The van der Waals surface area contributed by atoms with E-state index in [1.165, 1.54) is 12.8 Å². The molecule has 0 unspecified atom stereocenters. The maximum Gasteiger partial charge on any atom is 0.217 e. The first kappa shape index (κ1) is 13.7. The number of primary amides is 1. The minimum absolute atomic E-state index is 0.166. The van der Waals surface area contributed by atoms with Gasteiger partial charge in [-0.2, -0.15) is 0 Å². The predicted octanol–water partition coefficient (Wildman–Crippen LogP) is 1.03. The second kappa shape index (κ2) is 5.53. The van der Waals surface area contributed by atoms with Crippen molar-refractivity contribution in [2.75, 3.05) is 19.6 Å². The molecule has 0 spiro atoms. The number of nitrogens with zero attached hydrogens (tertiary/aromatic N) is 1. The van der Waals surface area contributed by atoms with E-state index in [-0.39, 0.29) is 5.91 Å². The highest BCUT2D eigenvalue weighted by atomic mass is 32.1.